The van der Waals surface area contributed by atoms with Crippen LogP contribution in [0.3, 0.4) is 0 Å². The molecule has 0 saturated carbocycles. The van der Waals surface area contributed by atoms with Gasteiger partial charge in [0.15, 0.2) is 6.10 Å². The van der Waals surface area contributed by atoms with Gasteiger partial charge in [0.05, 0.1) is 0 Å². The SMILES string of the molecule is CCCC(C)NC(=O)C(C)Oc1cc(Br)ccc1C(C)N. The van der Waals surface area contributed by atoms with E-state index in [1.54, 1.807) is 6.92 Å². The van der Waals surface area contributed by atoms with Gasteiger partial charge in [0.2, 0.25) is 0 Å². The fourth-order valence-corrected chi connectivity index (χ4v) is 2.44. The molecule has 1 amide bonds. The van der Waals surface area contributed by atoms with Gasteiger partial charge in [0.1, 0.15) is 5.75 Å². The van der Waals surface area contributed by atoms with Crippen LogP contribution in [0.25, 0.3) is 0 Å². The molecule has 1 aromatic carbocycles. The maximum absolute atomic E-state index is 12.1. The first-order chi connectivity index (χ1) is 9.85. The van der Waals surface area contributed by atoms with Gasteiger partial charge in [-0.05, 0) is 39.3 Å². The van der Waals surface area contributed by atoms with E-state index in [-0.39, 0.29) is 18.0 Å². The summed E-state index contributed by atoms with van der Waals surface area (Å²) in [6.45, 7) is 7.74. The van der Waals surface area contributed by atoms with Gasteiger partial charge in [-0.2, -0.15) is 0 Å². The molecule has 3 atom stereocenters. The van der Waals surface area contributed by atoms with Crippen molar-refractivity contribution < 1.29 is 9.53 Å². The molecule has 0 aliphatic carbocycles. The second-order valence-electron chi connectivity index (χ2n) is 5.43. The highest BCUT2D eigenvalue weighted by Crippen LogP contribution is 2.28. The van der Waals surface area contributed by atoms with E-state index in [1.165, 1.54) is 0 Å². The molecule has 0 heterocycles. The summed E-state index contributed by atoms with van der Waals surface area (Å²) in [6.07, 6.45) is 1.44. The molecule has 0 fully saturated rings. The van der Waals surface area contributed by atoms with Crippen molar-refractivity contribution in [2.24, 2.45) is 5.73 Å². The highest BCUT2D eigenvalue weighted by atomic mass is 79.9. The van der Waals surface area contributed by atoms with Crippen LogP contribution in [0.2, 0.25) is 0 Å². The Labute approximate surface area is 135 Å². The molecule has 0 aromatic heterocycles. The number of ether oxygens (including phenoxy) is 1. The van der Waals surface area contributed by atoms with Crippen LogP contribution in [0.5, 0.6) is 5.75 Å². The lowest BCUT2D eigenvalue weighted by molar-refractivity contribution is -0.127. The zero-order valence-electron chi connectivity index (χ0n) is 13.2. The molecular formula is C16H25BrN2O2. The summed E-state index contributed by atoms with van der Waals surface area (Å²) < 4.78 is 6.70. The lowest BCUT2D eigenvalue weighted by atomic mass is 10.1. The minimum Gasteiger partial charge on any atom is -0.481 e. The van der Waals surface area contributed by atoms with Crippen molar-refractivity contribution in [3.63, 3.8) is 0 Å². The molecule has 1 aromatic rings. The van der Waals surface area contributed by atoms with E-state index < -0.39 is 6.10 Å². The maximum Gasteiger partial charge on any atom is 0.260 e. The molecule has 0 aliphatic rings. The van der Waals surface area contributed by atoms with Gasteiger partial charge in [-0.25, -0.2) is 0 Å². The van der Waals surface area contributed by atoms with Gasteiger partial charge in [-0.3, -0.25) is 4.79 Å². The predicted molar refractivity (Wildman–Crippen MR) is 89.3 cm³/mol. The van der Waals surface area contributed by atoms with Crippen LogP contribution in [0, 0.1) is 0 Å². The van der Waals surface area contributed by atoms with Crippen molar-refractivity contribution in [2.75, 3.05) is 0 Å². The van der Waals surface area contributed by atoms with Crippen molar-refractivity contribution in [2.45, 2.75) is 58.7 Å². The highest BCUT2D eigenvalue weighted by molar-refractivity contribution is 9.10. The summed E-state index contributed by atoms with van der Waals surface area (Å²) in [5.74, 6) is 0.539. The summed E-state index contributed by atoms with van der Waals surface area (Å²) >= 11 is 3.41. The minimum absolute atomic E-state index is 0.105. The number of hydrogen-bond donors (Lipinski definition) is 2. The first kappa shape index (κ1) is 18.0. The number of carbonyl (C=O) groups is 1. The topological polar surface area (TPSA) is 64.3 Å². The molecule has 3 unspecified atom stereocenters. The summed E-state index contributed by atoms with van der Waals surface area (Å²) in [6, 6.07) is 5.68. The number of halogens is 1. The Morgan fingerprint density at radius 3 is 2.62 bits per heavy atom. The van der Waals surface area contributed by atoms with Crippen LogP contribution in [-0.4, -0.2) is 18.1 Å². The van der Waals surface area contributed by atoms with Crippen molar-refractivity contribution >= 4 is 21.8 Å². The predicted octanol–water partition coefficient (Wildman–Crippen LogP) is 3.54. The largest absolute Gasteiger partial charge is 0.481 e. The Hall–Kier alpha value is -1.07. The fraction of sp³-hybridized carbons (Fsp3) is 0.562. The van der Waals surface area contributed by atoms with E-state index in [4.69, 9.17) is 10.5 Å². The second-order valence-corrected chi connectivity index (χ2v) is 6.34. The summed E-state index contributed by atoms with van der Waals surface area (Å²) in [5.41, 5.74) is 6.83. The van der Waals surface area contributed by atoms with E-state index in [1.807, 2.05) is 32.0 Å². The summed E-state index contributed by atoms with van der Waals surface area (Å²) in [7, 11) is 0. The molecule has 0 saturated heterocycles. The third-order valence-corrected chi connectivity index (χ3v) is 3.74. The van der Waals surface area contributed by atoms with E-state index in [9.17, 15) is 4.79 Å². The molecular weight excluding hydrogens is 332 g/mol. The number of benzene rings is 1. The molecule has 3 N–H and O–H groups in total. The first-order valence-corrected chi connectivity index (χ1v) is 8.16. The zero-order chi connectivity index (χ0) is 16.0. The number of nitrogens with one attached hydrogen (secondary N) is 1. The van der Waals surface area contributed by atoms with E-state index in [2.05, 4.69) is 28.2 Å². The molecule has 21 heavy (non-hydrogen) atoms. The van der Waals surface area contributed by atoms with Crippen LogP contribution in [-0.2, 0) is 4.79 Å². The smallest absolute Gasteiger partial charge is 0.260 e. The lowest BCUT2D eigenvalue weighted by Gasteiger charge is -2.21. The average molecular weight is 357 g/mol. The summed E-state index contributed by atoms with van der Waals surface area (Å²) in [5, 5.41) is 2.96. The monoisotopic (exact) mass is 356 g/mol. The normalized spacial score (nSPS) is 15.1. The molecule has 0 bridgehead atoms. The molecule has 1 rings (SSSR count). The Bertz CT molecular complexity index is 477. The van der Waals surface area contributed by atoms with Crippen molar-refractivity contribution in [1.82, 2.24) is 5.32 Å². The lowest BCUT2D eigenvalue weighted by Crippen LogP contribution is -2.41. The Morgan fingerprint density at radius 2 is 2.05 bits per heavy atom. The molecule has 0 aliphatic heterocycles. The van der Waals surface area contributed by atoms with E-state index in [0.29, 0.717) is 5.75 Å². The first-order valence-electron chi connectivity index (χ1n) is 7.37. The Kier molecular flexibility index (Phi) is 7.18. The van der Waals surface area contributed by atoms with Crippen molar-refractivity contribution in [3.8, 4) is 5.75 Å². The van der Waals surface area contributed by atoms with E-state index in [0.717, 1.165) is 22.9 Å². The van der Waals surface area contributed by atoms with E-state index >= 15 is 0 Å². The number of amides is 1. The highest BCUT2D eigenvalue weighted by Gasteiger charge is 2.19. The molecule has 5 heteroatoms. The fourth-order valence-electron chi connectivity index (χ4n) is 2.10. The number of hydrogen-bond acceptors (Lipinski definition) is 3. The van der Waals surface area contributed by atoms with Gasteiger partial charge in [0.25, 0.3) is 5.91 Å². The standard InChI is InChI=1S/C16H25BrN2O2/c1-5-6-10(2)19-16(20)12(4)21-15-9-13(17)7-8-14(15)11(3)18/h7-12H,5-6,18H2,1-4H3,(H,19,20). The number of carbonyl (C=O) groups excluding carboxylic acids is 1. The van der Waals surface area contributed by atoms with Crippen LogP contribution in [0.4, 0.5) is 0 Å². The quantitative estimate of drug-likeness (QED) is 0.785. The minimum atomic E-state index is -0.559. The van der Waals surface area contributed by atoms with Crippen LogP contribution in [0.15, 0.2) is 22.7 Å². The summed E-state index contributed by atoms with van der Waals surface area (Å²) in [4.78, 5) is 12.1. The van der Waals surface area contributed by atoms with Gasteiger partial charge in [-0.15, -0.1) is 0 Å². The second kappa shape index (κ2) is 8.39. The van der Waals surface area contributed by atoms with Gasteiger partial charge in [0, 0.05) is 22.1 Å². The third kappa shape index (κ3) is 5.67. The van der Waals surface area contributed by atoms with Crippen molar-refractivity contribution in [3.05, 3.63) is 28.2 Å². The third-order valence-electron chi connectivity index (χ3n) is 3.25. The van der Waals surface area contributed by atoms with Gasteiger partial charge in [-0.1, -0.05) is 35.3 Å². The van der Waals surface area contributed by atoms with Gasteiger partial charge >= 0.3 is 0 Å². The van der Waals surface area contributed by atoms with Crippen LogP contribution < -0.4 is 15.8 Å². The molecule has 4 nitrogen and oxygen atoms in total. The maximum atomic E-state index is 12.1. The molecule has 0 spiro atoms. The van der Waals surface area contributed by atoms with Crippen LogP contribution in [0.1, 0.15) is 52.1 Å². The number of nitrogens with two attached hydrogens (primary N) is 1. The Balaban J connectivity index is 2.76. The zero-order valence-corrected chi connectivity index (χ0v) is 14.7. The molecule has 0 radical (unpaired) electrons. The van der Waals surface area contributed by atoms with Crippen molar-refractivity contribution in [1.29, 1.82) is 0 Å². The van der Waals surface area contributed by atoms with Gasteiger partial charge < -0.3 is 15.8 Å². The number of rotatable bonds is 7. The average Bonchev–Trinajstić information content (AvgIpc) is 2.38. The van der Waals surface area contributed by atoms with Crippen LogP contribution >= 0.6 is 15.9 Å². The Morgan fingerprint density at radius 1 is 1.38 bits per heavy atom. The molecule has 118 valence electrons.